The second kappa shape index (κ2) is 11.9. The Morgan fingerprint density at radius 2 is 1.95 bits per heavy atom. The van der Waals surface area contributed by atoms with Gasteiger partial charge in [-0.05, 0) is 56.2 Å². The van der Waals surface area contributed by atoms with E-state index in [1.165, 1.54) is 25.5 Å². The smallest absolute Gasteiger partial charge is 0.355 e. The van der Waals surface area contributed by atoms with E-state index < -0.39 is 35.1 Å². The Hall–Kier alpha value is -2.50. The number of rotatable bonds is 11. The van der Waals surface area contributed by atoms with E-state index in [1.54, 1.807) is 18.2 Å². The number of aromatic nitrogens is 1. The lowest BCUT2D eigenvalue weighted by molar-refractivity contribution is -0.194. The number of nitrogens with zero attached hydrogens (tertiary/aromatic N) is 2. The van der Waals surface area contributed by atoms with Gasteiger partial charge in [0.2, 0.25) is 5.91 Å². The van der Waals surface area contributed by atoms with Gasteiger partial charge in [-0.2, -0.15) is 13.2 Å². The second-order valence-electron chi connectivity index (χ2n) is 9.34. The van der Waals surface area contributed by atoms with Crippen LogP contribution < -0.4 is 10.6 Å². The molecule has 0 spiro atoms. The van der Waals surface area contributed by atoms with Crippen molar-refractivity contribution in [1.82, 2.24) is 20.5 Å². The Morgan fingerprint density at radius 3 is 2.49 bits per heavy atom. The van der Waals surface area contributed by atoms with Gasteiger partial charge in [-0.15, -0.1) is 0 Å². The quantitative estimate of drug-likeness (QED) is 0.325. The molecular formula is C25H29ClF4N4O2Si. The zero-order chi connectivity index (χ0) is 27.4. The first kappa shape index (κ1) is 29.1. The summed E-state index contributed by atoms with van der Waals surface area (Å²) in [5.41, 5.74) is -1.28. The van der Waals surface area contributed by atoms with Gasteiger partial charge in [0, 0.05) is 44.0 Å². The van der Waals surface area contributed by atoms with Gasteiger partial charge >= 0.3 is 6.18 Å². The predicted octanol–water partition coefficient (Wildman–Crippen LogP) is 3.96. The molecule has 1 aliphatic rings. The van der Waals surface area contributed by atoms with E-state index in [9.17, 15) is 27.2 Å². The Balaban J connectivity index is 1.65. The lowest BCUT2D eigenvalue weighted by atomic mass is 9.80. The van der Waals surface area contributed by atoms with Crippen LogP contribution >= 0.6 is 11.6 Å². The highest BCUT2D eigenvalue weighted by molar-refractivity contribution is 6.39. The molecule has 2 amide bonds. The number of likely N-dealkylation sites (N-methyl/N-ethyl adjacent to an activating group) is 1. The first-order chi connectivity index (χ1) is 17.4. The highest BCUT2D eigenvalue weighted by atomic mass is 35.5. The topological polar surface area (TPSA) is 74.3 Å². The summed E-state index contributed by atoms with van der Waals surface area (Å²) in [6.07, 6.45) is -1.86. The van der Waals surface area contributed by atoms with E-state index >= 15 is 0 Å². The van der Waals surface area contributed by atoms with E-state index in [0.29, 0.717) is 17.2 Å². The van der Waals surface area contributed by atoms with E-state index in [-0.39, 0.29) is 51.6 Å². The monoisotopic (exact) mass is 556 g/mol. The molecule has 2 aromatic rings. The summed E-state index contributed by atoms with van der Waals surface area (Å²) < 4.78 is 56.2. The maximum Gasteiger partial charge on any atom is 0.395 e. The van der Waals surface area contributed by atoms with Gasteiger partial charge in [0.05, 0.1) is 25.5 Å². The molecule has 200 valence electrons. The summed E-state index contributed by atoms with van der Waals surface area (Å²) >= 11 is 6.16. The van der Waals surface area contributed by atoms with Crippen molar-refractivity contribution in [2.45, 2.75) is 43.1 Å². The SMILES string of the molecule is CNC(=O)c1ccc(C[Si][C@@H](CNC(=O)CC(c2cccnc2)C2(C(F)(F)F)CC2)N(C)C)c(Cl)c1F. The molecule has 3 rings (SSSR count). The van der Waals surface area contributed by atoms with Crippen LogP contribution in [0.15, 0.2) is 36.7 Å². The molecule has 1 aromatic carbocycles. The second-order valence-corrected chi connectivity index (χ2v) is 11.1. The fourth-order valence-electron chi connectivity index (χ4n) is 4.35. The highest BCUT2D eigenvalue weighted by Crippen LogP contribution is 2.66. The van der Waals surface area contributed by atoms with E-state index in [1.807, 2.05) is 19.0 Å². The molecule has 0 bridgehead atoms. The van der Waals surface area contributed by atoms with Crippen LogP contribution in [0.3, 0.4) is 0 Å². The van der Waals surface area contributed by atoms with Crippen molar-refractivity contribution in [3.05, 3.63) is 64.2 Å². The summed E-state index contributed by atoms with van der Waals surface area (Å²) in [6.45, 7) is 0.208. The molecule has 1 fully saturated rings. The average molecular weight is 557 g/mol. The van der Waals surface area contributed by atoms with Crippen LogP contribution in [0.25, 0.3) is 0 Å². The lowest BCUT2D eigenvalue weighted by Crippen LogP contribution is -2.45. The lowest BCUT2D eigenvalue weighted by Gasteiger charge is -2.30. The fraction of sp³-hybridized carbons (Fsp3) is 0.480. The first-order valence-corrected chi connectivity index (χ1v) is 13.4. The largest absolute Gasteiger partial charge is 0.395 e. The third-order valence-electron chi connectivity index (χ3n) is 6.77. The first-order valence-electron chi connectivity index (χ1n) is 11.7. The van der Waals surface area contributed by atoms with E-state index in [2.05, 4.69) is 15.6 Å². The molecule has 0 aliphatic heterocycles. The molecule has 2 N–H and O–H groups in total. The van der Waals surface area contributed by atoms with Gasteiger partial charge in [0.15, 0.2) is 5.82 Å². The molecule has 1 heterocycles. The van der Waals surface area contributed by atoms with Crippen LogP contribution in [0.2, 0.25) is 5.02 Å². The molecule has 6 nitrogen and oxygen atoms in total. The van der Waals surface area contributed by atoms with Crippen LogP contribution in [-0.2, 0) is 10.8 Å². The van der Waals surface area contributed by atoms with E-state index in [0.717, 1.165) is 0 Å². The summed E-state index contributed by atoms with van der Waals surface area (Å²) in [4.78, 5) is 30.4. The van der Waals surface area contributed by atoms with Gasteiger partial charge in [0.25, 0.3) is 5.91 Å². The third-order valence-corrected chi connectivity index (χ3v) is 8.96. The van der Waals surface area contributed by atoms with Crippen molar-refractivity contribution >= 4 is 32.9 Å². The average Bonchev–Trinajstić information content (AvgIpc) is 3.67. The van der Waals surface area contributed by atoms with Crippen LogP contribution in [0.5, 0.6) is 0 Å². The number of pyridine rings is 1. The van der Waals surface area contributed by atoms with Gasteiger partial charge in [-0.3, -0.25) is 14.6 Å². The maximum atomic E-state index is 14.5. The third kappa shape index (κ3) is 6.69. The van der Waals surface area contributed by atoms with Crippen LogP contribution in [0.1, 0.15) is 46.7 Å². The molecule has 37 heavy (non-hydrogen) atoms. The van der Waals surface area contributed by atoms with Crippen molar-refractivity contribution < 1.29 is 27.2 Å². The fourth-order valence-corrected chi connectivity index (χ4v) is 6.05. The number of carbonyl (C=O) groups is 2. The Labute approximate surface area is 221 Å². The van der Waals surface area contributed by atoms with E-state index in [4.69, 9.17) is 11.6 Å². The molecule has 0 saturated heterocycles. The molecule has 1 aromatic heterocycles. The van der Waals surface area contributed by atoms with Gasteiger partial charge in [-0.25, -0.2) is 4.39 Å². The summed E-state index contributed by atoms with van der Waals surface area (Å²) in [5.74, 6) is -2.86. The predicted molar refractivity (Wildman–Crippen MR) is 134 cm³/mol. The maximum absolute atomic E-state index is 14.5. The Bertz CT molecular complexity index is 1110. The molecule has 1 aliphatic carbocycles. The van der Waals surface area contributed by atoms with Gasteiger partial charge in [-0.1, -0.05) is 23.7 Å². The van der Waals surface area contributed by atoms with Crippen LogP contribution in [0, 0.1) is 11.2 Å². The molecule has 1 saturated carbocycles. The zero-order valence-electron chi connectivity index (χ0n) is 20.8. The number of carbonyl (C=O) groups excluding carboxylic acids is 2. The minimum absolute atomic E-state index is 0.0128. The summed E-state index contributed by atoms with van der Waals surface area (Å²) in [6, 6.07) is 6.53. The molecule has 12 heteroatoms. The molecular weight excluding hydrogens is 528 g/mol. The number of alkyl halides is 3. The van der Waals surface area contributed by atoms with Crippen molar-refractivity contribution in [1.29, 1.82) is 0 Å². The van der Waals surface area contributed by atoms with Crippen LogP contribution in [0.4, 0.5) is 17.6 Å². The zero-order valence-corrected chi connectivity index (χ0v) is 22.5. The number of nitrogens with one attached hydrogen (secondary N) is 2. The number of amides is 2. The van der Waals surface area contributed by atoms with Crippen molar-refractivity contribution in [2.24, 2.45) is 5.41 Å². The van der Waals surface area contributed by atoms with Crippen molar-refractivity contribution in [3.8, 4) is 0 Å². The van der Waals surface area contributed by atoms with Gasteiger partial charge < -0.3 is 15.5 Å². The summed E-state index contributed by atoms with van der Waals surface area (Å²) in [5, 5.41) is 5.02. The van der Waals surface area contributed by atoms with Crippen molar-refractivity contribution in [3.63, 3.8) is 0 Å². The number of hydrogen-bond donors (Lipinski definition) is 2. The van der Waals surface area contributed by atoms with Crippen LogP contribution in [-0.4, -0.2) is 70.7 Å². The standard InChI is InChI=1S/C25H29ClF4N4O2Si/c1-31-23(36)17-7-6-16(21(26)22(17)27)14-37-20(34(2)3)13-33-19(35)11-18(15-5-4-10-32-12-15)24(8-9-24)25(28,29)30/h4-7,10,12,18,20H,8-9,11,13-14H2,1-3H3,(H,31,36)(H,33,35)/t18?,20-/m0/s1. The molecule has 1 unspecified atom stereocenters. The van der Waals surface area contributed by atoms with Gasteiger partial charge in [0.1, 0.15) is 0 Å². The minimum Gasteiger partial charge on any atom is -0.355 e. The Morgan fingerprint density at radius 1 is 1.24 bits per heavy atom. The molecule has 2 radical (unpaired) electrons. The number of benzene rings is 1. The Kier molecular flexibility index (Phi) is 9.35. The highest BCUT2D eigenvalue weighted by Gasteiger charge is 2.67. The number of hydrogen-bond acceptors (Lipinski definition) is 4. The minimum atomic E-state index is -4.41. The number of halogens is 5. The summed E-state index contributed by atoms with van der Waals surface area (Å²) in [7, 11) is 5.23. The van der Waals surface area contributed by atoms with Crippen molar-refractivity contribution in [2.75, 3.05) is 27.7 Å². The normalized spacial score (nSPS) is 16.2. The molecule has 2 atom stereocenters.